The molecule has 1 radical (unpaired) electrons. The fourth-order valence-electron chi connectivity index (χ4n) is 1.10. The normalized spacial score (nSPS) is 10.3. The molecule has 0 saturated heterocycles. The lowest BCUT2D eigenvalue weighted by molar-refractivity contribution is 0.399. The van der Waals surface area contributed by atoms with E-state index in [-0.39, 0.29) is 0 Å². The first-order valence-corrected chi connectivity index (χ1v) is 4.25. The highest BCUT2D eigenvalue weighted by Crippen LogP contribution is 2.26. The highest BCUT2D eigenvalue weighted by Gasteiger charge is 2.06. The van der Waals surface area contributed by atoms with Gasteiger partial charge in [-0.1, -0.05) is 35.0 Å². The summed E-state index contributed by atoms with van der Waals surface area (Å²) in [7, 11) is 0. The average Bonchev–Trinajstić information content (AvgIpc) is 2.53. The van der Waals surface area contributed by atoms with Crippen LogP contribution in [0.2, 0.25) is 5.02 Å². The molecule has 1 aromatic heterocycles. The van der Waals surface area contributed by atoms with E-state index in [1.807, 2.05) is 24.3 Å². The minimum atomic E-state index is 0.656. The molecule has 0 unspecified atom stereocenters. The van der Waals surface area contributed by atoms with Crippen LogP contribution in [0.5, 0.6) is 0 Å². The van der Waals surface area contributed by atoms with Crippen LogP contribution in [-0.2, 0) is 0 Å². The first-order valence-electron chi connectivity index (χ1n) is 3.88. The van der Waals surface area contributed by atoms with Gasteiger partial charge in [0, 0.05) is 5.56 Å². The second-order valence-corrected chi connectivity index (χ2v) is 3.10. The quantitative estimate of drug-likeness (QED) is 0.694. The zero-order valence-electron chi connectivity index (χ0n) is 7.04. The number of rotatable bonds is 1. The molecule has 2 aromatic rings. The number of benzene rings is 1. The summed E-state index contributed by atoms with van der Waals surface area (Å²) in [4.78, 5) is 0. The Morgan fingerprint density at radius 2 is 2.15 bits per heavy atom. The van der Waals surface area contributed by atoms with Crippen molar-refractivity contribution in [1.29, 1.82) is 0 Å². The van der Waals surface area contributed by atoms with Crippen LogP contribution in [0.1, 0.15) is 5.76 Å². The van der Waals surface area contributed by atoms with Gasteiger partial charge in [0.25, 0.3) is 0 Å². The standard InChI is InChI=1S/C10H7ClNO/c1-7-6-10(12-13-7)8-4-2-3-5-9(8)11/h2-5H,1H3. The average molecular weight is 193 g/mol. The van der Waals surface area contributed by atoms with Gasteiger partial charge in [0.2, 0.25) is 0 Å². The van der Waals surface area contributed by atoms with Crippen molar-refractivity contribution in [3.63, 3.8) is 0 Å². The van der Waals surface area contributed by atoms with Crippen LogP contribution in [0.25, 0.3) is 11.3 Å². The molecule has 0 amide bonds. The van der Waals surface area contributed by atoms with E-state index >= 15 is 0 Å². The fraction of sp³-hybridized carbons (Fsp3) is 0.100. The van der Waals surface area contributed by atoms with Gasteiger partial charge in [0.15, 0.2) is 0 Å². The molecular formula is C10H7ClNO. The van der Waals surface area contributed by atoms with E-state index in [0.29, 0.717) is 16.5 Å². The highest BCUT2D eigenvalue weighted by molar-refractivity contribution is 6.33. The summed E-state index contributed by atoms with van der Waals surface area (Å²) in [5.41, 5.74) is 1.50. The van der Waals surface area contributed by atoms with Crippen molar-refractivity contribution in [2.45, 2.75) is 6.92 Å². The van der Waals surface area contributed by atoms with Gasteiger partial charge in [-0.25, -0.2) is 0 Å². The van der Waals surface area contributed by atoms with Crippen molar-refractivity contribution in [3.05, 3.63) is 41.1 Å². The Hall–Kier alpha value is -1.28. The van der Waals surface area contributed by atoms with Crippen LogP contribution < -0.4 is 0 Å². The van der Waals surface area contributed by atoms with Gasteiger partial charge in [0.05, 0.1) is 11.1 Å². The lowest BCUT2D eigenvalue weighted by atomic mass is 10.1. The largest absolute Gasteiger partial charge is 0.360 e. The molecule has 0 aliphatic carbocycles. The van der Waals surface area contributed by atoms with Crippen LogP contribution in [-0.4, -0.2) is 5.16 Å². The SMILES string of the molecule is Cc1[c]c(-c2ccccc2Cl)no1. The zero-order valence-corrected chi connectivity index (χ0v) is 7.80. The molecule has 0 saturated carbocycles. The molecule has 0 bridgehead atoms. The maximum absolute atomic E-state index is 5.97. The number of nitrogens with zero attached hydrogens (tertiary/aromatic N) is 1. The smallest absolute Gasteiger partial charge is 0.142 e. The van der Waals surface area contributed by atoms with Gasteiger partial charge in [-0.05, 0) is 13.0 Å². The Morgan fingerprint density at radius 3 is 2.77 bits per heavy atom. The Balaban J connectivity index is 2.52. The first-order chi connectivity index (χ1) is 6.27. The van der Waals surface area contributed by atoms with E-state index in [1.54, 1.807) is 6.92 Å². The van der Waals surface area contributed by atoms with Crippen LogP contribution in [0.4, 0.5) is 0 Å². The van der Waals surface area contributed by atoms with E-state index in [0.717, 1.165) is 5.56 Å². The second kappa shape index (κ2) is 3.23. The zero-order chi connectivity index (χ0) is 9.26. The van der Waals surface area contributed by atoms with Crippen molar-refractivity contribution in [2.75, 3.05) is 0 Å². The molecule has 0 fully saturated rings. The summed E-state index contributed by atoms with van der Waals surface area (Å²) < 4.78 is 4.91. The molecule has 2 nitrogen and oxygen atoms in total. The van der Waals surface area contributed by atoms with Crippen LogP contribution in [0, 0.1) is 13.0 Å². The summed E-state index contributed by atoms with van der Waals surface area (Å²) >= 11 is 5.97. The molecule has 0 N–H and O–H groups in total. The molecule has 2 rings (SSSR count). The molecule has 0 aliphatic rings. The number of halogens is 1. The summed E-state index contributed by atoms with van der Waals surface area (Å²) in [6, 6.07) is 10.4. The molecule has 13 heavy (non-hydrogen) atoms. The summed E-state index contributed by atoms with van der Waals surface area (Å²) in [6.07, 6.45) is 0. The predicted octanol–water partition coefficient (Wildman–Crippen LogP) is 3.10. The second-order valence-electron chi connectivity index (χ2n) is 2.69. The van der Waals surface area contributed by atoms with Gasteiger partial charge in [-0.2, -0.15) is 0 Å². The van der Waals surface area contributed by atoms with Gasteiger partial charge in [-0.3, -0.25) is 0 Å². The van der Waals surface area contributed by atoms with Crippen LogP contribution >= 0.6 is 11.6 Å². The molecule has 0 aliphatic heterocycles. The maximum Gasteiger partial charge on any atom is 0.142 e. The summed E-state index contributed by atoms with van der Waals surface area (Å²) in [5.74, 6) is 0.662. The molecule has 65 valence electrons. The van der Waals surface area contributed by atoms with Crippen molar-refractivity contribution in [1.82, 2.24) is 5.16 Å². The third-order valence-electron chi connectivity index (χ3n) is 1.70. The molecule has 0 spiro atoms. The van der Waals surface area contributed by atoms with E-state index in [9.17, 15) is 0 Å². The van der Waals surface area contributed by atoms with Gasteiger partial charge < -0.3 is 4.52 Å². The number of aromatic nitrogens is 1. The summed E-state index contributed by atoms with van der Waals surface area (Å²) in [6.45, 7) is 1.80. The highest BCUT2D eigenvalue weighted by atomic mass is 35.5. The lowest BCUT2D eigenvalue weighted by Crippen LogP contribution is -1.77. The van der Waals surface area contributed by atoms with Gasteiger partial charge in [0.1, 0.15) is 11.5 Å². The van der Waals surface area contributed by atoms with Crippen molar-refractivity contribution < 1.29 is 4.52 Å². The van der Waals surface area contributed by atoms with Crippen LogP contribution in [0.15, 0.2) is 28.8 Å². The number of hydrogen-bond acceptors (Lipinski definition) is 2. The summed E-state index contributed by atoms with van der Waals surface area (Å²) in [5, 5.41) is 4.49. The van der Waals surface area contributed by atoms with Crippen molar-refractivity contribution >= 4 is 11.6 Å². The minimum Gasteiger partial charge on any atom is -0.360 e. The number of aryl methyl sites for hydroxylation is 1. The Labute approximate surface area is 81.1 Å². The fourth-order valence-corrected chi connectivity index (χ4v) is 1.32. The molecule has 1 heterocycles. The van der Waals surface area contributed by atoms with Gasteiger partial charge in [-0.15, -0.1) is 0 Å². The van der Waals surface area contributed by atoms with E-state index in [2.05, 4.69) is 11.2 Å². The maximum atomic E-state index is 5.97. The minimum absolute atomic E-state index is 0.656. The Kier molecular flexibility index (Phi) is 2.07. The monoisotopic (exact) mass is 192 g/mol. The molecule has 0 atom stereocenters. The Morgan fingerprint density at radius 1 is 1.38 bits per heavy atom. The predicted molar refractivity (Wildman–Crippen MR) is 50.5 cm³/mol. The third-order valence-corrected chi connectivity index (χ3v) is 2.03. The van der Waals surface area contributed by atoms with E-state index in [1.165, 1.54) is 0 Å². The lowest BCUT2D eigenvalue weighted by Gasteiger charge is -1.96. The topological polar surface area (TPSA) is 26.0 Å². The molecule has 1 aromatic carbocycles. The molecule has 3 heteroatoms. The number of hydrogen-bond donors (Lipinski definition) is 0. The van der Waals surface area contributed by atoms with Gasteiger partial charge >= 0.3 is 0 Å². The first kappa shape index (κ1) is 8.32. The third kappa shape index (κ3) is 1.58. The van der Waals surface area contributed by atoms with E-state index in [4.69, 9.17) is 16.1 Å². The molecular weight excluding hydrogens is 186 g/mol. The van der Waals surface area contributed by atoms with E-state index < -0.39 is 0 Å². The Bertz CT molecular complexity index is 422. The van der Waals surface area contributed by atoms with Crippen molar-refractivity contribution in [2.24, 2.45) is 0 Å². The van der Waals surface area contributed by atoms with Crippen LogP contribution in [0.3, 0.4) is 0 Å². The van der Waals surface area contributed by atoms with Crippen molar-refractivity contribution in [3.8, 4) is 11.3 Å².